The van der Waals surface area contributed by atoms with E-state index in [-0.39, 0.29) is 0 Å². The number of rotatable bonds is 0. The molecule has 0 saturated carbocycles. The zero-order chi connectivity index (χ0) is 8.23. The maximum absolute atomic E-state index is 4.37. The number of hydrogen-bond acceptors (Lipinski definition) is 4. The zero-order valence-corrected chi connectivity index (χ0v) is 7.16. The second-order valence-electron chi connectivity index (χ2n) is 3.02. The number of nitrogens with one attached hydrogen (secondary N) is 1. The van der Waals surface area contributed by atoms with Crippen molar-refractivity contribution in [3.8, 4) is 0 Å². The van der Waals surface area contributed by atoms with E-state index in [2.05, 4.69) is 20.2 Å². The average Bonchev–Trinajstić information content (AvgIpc) is 2.21. The predicted molar refractivity (Wildman–Crippen MR) is 49.9 cm³/mol. The first-order valence-corrected chi connectivity index (χ1v) is 4.49. The lowest BCUT2D eigenvalue weighted by Gasteiger charge is -2.28. The molecule has 1 saturated heterocycles. The molecule has 2 aliphatic rings. The number of nitrogens with zero attached hydrogens (tertiary/aromatic N) is 3. The molecule has 4 heteroatoms. The summed E-state index contributed by atoms with van der Waals surface area (Å²) in [6.45, 7) is 5.08. The average molecular weight is 166 g/mol. The summed E-state index contributed by atoms with van der Waals surface area (Å²) in [5, 5.41) is 3.31. The van der Waals surface area contributed by atoms with E-state index in [1.54, 1.807) is 0 Å². The molecular formula is C8H14N4. The quantitative estimate of drug-likeness (QED) is 0.538. The van der Waals surface area contributed by atoms with E-state index in [1.807, 2.05) is 6.21 Å². The molecule has 0 aromatic carbocycles. The van der Waals surface area contributed by atoms with Gasteiger partial charge < -0.3 is 10.2 Å². The highest BCUT2D eigenvalue weighted by molar-refractivity contribution is 5.89. The highest BCUT2D eigenvalue weighted by Crippen LogP contribution is 2.00. The Kier molecular flexibility index (Phi) is 2.36. The third-order valence-electron chi connectivity index (χ3n) is 2.12. The molecule has 1 fully saturated rings. The van der Waals surface area contributed by atoms with Crippen molar-refractivity contribution in [1.29, 1.82) is 0 Å². The van der Waals surface area contributed by atoms with Gasteiger partial charge in [0.1, 0.15) is 0 Å². The molecule has 0 aromatic heterocycles. The number of aliphatic imine (C=N–C) groups is 2. The summed E-state index contributed by atoms with van der Waals surface area (Å²) in [6.07, 6.45) is 2.96. The molecule has 4 nitrogen and oxygen atoms in total. The van der Waals surface area contributed by atoms with Gasteiger partial charge in [-0.25, -0.2) is 4.99 Å². The monoisotopic (exact) mass is 166 g/mol. The van der Waals surface area contributed by atoms with Crippen LogP contribution in [-0.4, -0.2) is 49.8 Å². The van der Waals surface area contributed by atoms with Crippen molar-refractivity contribution in [2.24, 2.45) is 9.98 Å². The van der Waals surface area contributed by atoms with Gasteiger partial charge in [0.2, 0.25) is 5.96 Å². The summed E-state index contributed by atoms with van der Waals surface area (Å²) < 4.78 is 0. The molecule has 0 spiro atoms. The van der Waals surface area contributed by atoms with E-state index in [4.69, 9.17) is 0 Å². The van der Waals surface area contributed by atoms with Crippen molar-refractivity contribution in [2.75, 3.05) is 32.7 Å². The van der Waals surface area contributed by atoms with Gasteiger partial charge in [-0.1, -0.05) is 0 Å². The maximum atomic E-state index is 4.37. The molecular weight excluding hydrogens is 152 g/mol. The van der Waals surface area contributed by atoms with E-state index in [0.29, 0.717) is 0 Å². The highest BCUT2D eigenvalue weighted by atomic mass is 15.3. The molecule has 2 heterocycles. The van der Waals surface area contributed by atoms with Gasteiger partial charge in [-0.15, -0.1) is 0 Å². The minimum atomic E-state index is 0.906. The van der Waals surface area contributed by atoms with Crippen LogP contribution in [0.3, 0.4) is 0 Å². The second-order valence-corrected chi connectivity index (χ2v) is 3.02. The van der Waals surface area contributed by atoms with Gasteiger partial charge in [-0.3, -0.25) is 4.99 Å². The topological polar surface area (TPSA) is 40.0 Å². The molecule has 0 unspecified atom stereocenters. The molecule has 12 heavy (non-hydrogen) atoms. The largest absolute Gasteiger partial charge is 0.339 e. The lowest BCUT2D eigenvalue weighted by molar-refractivity contribution is 0.353. The van der Waals surface area contributed by atoms with Crippen LogP contribution in [0.25, 0.3) is 0 Å². The fraction of sp³-hybridized carbons (Fsp3) is 0.750. The molecule has 0 aliphatic carbocycles. The molecule has 0 atom stereocenters. The standard InChI is InChI=1S/C8H14N4/c1-2-10-8(11-3-1)12-6-4-9-5-7-12/h2,9H,1,3-7H2. The van der Waals surface area contributed by atoms with Crippen LogP contribution < -0.4 is 5.32 Å². The first-order valence-electron chi connectivity index (χ1n) is 4.49. The van der Waals surface area contributed by atoms with Gasteiger partial charge in [0.05, 0.1) is 0 Å². The number of piperazine rings is 1. The van der Waals surface area contributed by atoms with Crippen LogP contribution >= 0.6 is 0 Å². The van der Waals surface area contributed by atoms with Gasteiger partial charge >= 0.3 is 0 Å². The van der Waals surface area contributed by atoms with Crippen molar-refractivity contribution in [1.82, 2.24) is 10.2 Å². The van der Waals surface area contributed by atoms with E-state index in [9.17, 15) is 0 Å². The minimum absolute atomic E-state index is 0.906. The predicted octanol–water partition coefficient (Wildman–Crippen LogP) is -0.278. The van der Waals surface area contributed by atoms with Gasteiger partial charge in [-0.05, 0) is 0 Å². The Bertz CT molecular complexity index is 203. The van der Waals surface area contributed by atoms with Crippen LogP contribution in [0.15, 0.2) is 9.98 Å². The Morgan fingerprint density at radius 1 is 1.33 bits per heavy atom. The lowest BCUT2D eigenvalue weighted by Crippen LogP contribution is -2.46. The SMILES string of the molecule is C1=NC(N2CCNCC2)=NCC1. The van der Waals surface area contributed by atoms with Crippen LogP contribution in [0.4, 0.5) is 0 Å². The minimum Gasteiger partial charge on any atom is -0.339 e. The zero-order valence-electron chi connectivity index (χ0n) is 7.16. The Balaban J connectivity index is 1.97. The summed E-state index contributed by atoms with van der Waals surface area (Å²) in [7, 11) is 0. The lowest BCUT2D eigenvalue weighted by atomic mass is 10.3. The number of guanidine groups is 1. The molecule has 0 amide bonds. The second kappa shape index (κ2) is 3.67. The third kappa shape index (κ3) is 1.64. The van der Waals surface area contributed by atoms with E-state index >= 15 is 0 Å². The van der Waals surface area contributed by atoms with Crippen molar-refractivity contribution in [3.63, 3.8) is 0 Å². The van der Waals surface area contributed by atoms with Crippen LogP contribution in [0.2, 0.25) is 0 Å². The molecule has 0 radical (unpaired) electrons. The summed E-state index contributed by atoms with van der Waals surface area (Å²) in [4.78, 5) is 10.9. The van der Waals surface area contributed by atoms with E-state index in [0.717, 1.165) is 45.1 Å². The smallest absolute Gasteiger partial charge is 0.220 e. The molecule has 66 valence electrons. The molecule has 1 N–H and O–H groups in total. The van der Waals surface area contributed by atoms with Gasteiger partial charge in [-0.2, -0.15) is 0 Å². The Hall–Kier alpha value is -0.900. The Morgan fingerprint density at radius 3 is 2.83 bits per heavy atom. The summed E-state index contributed by atoms with van der Waals surface area (Å²) in [5.41, 5.74) is 0. The highest BCUT2D eigenvalue weighted by Gasteiger charge is 2.13. The van der Waals surface area contributed by atoms with Crippen LogP contribution in [-0.2, 0) is 0 Å². The van der Waals surface area contributed by atoms with Crippen LogP contribution in [0.1, 0.15) is 6.42 Å². The van der Waals surface area contributed by atoms with E-state index in [1.165, 1.54) is 0 Å². The Labute approximate surface area is 72.4 Å². The van der Waals surface area contributed by atoms with Crippen LogP contribution in [0.5, 0.6) is 0 Å². The van der Waals surface area contributed by atoms with Gasteiger partial charge in [0.25, 0.3) is 0 Å². The van der Waals surface area contributed by atoms with Gasteiger partial charge in [0, 0.05) is 45.4 Å². The van der Waals surface area contributed by atoms with Crippen molar-refractivity contribution in [2.45, 2.75) is 6.42 Å². The molecule has 2 rings (SSSR count). The third-order valence-corrected chi connectivity index (χ3v) is 2.12. The molecule has 0 bridgehead atoms. The molecule has 2 aliphatic heterocycles. The first kappa shape index (κ1) is 7.73. The maximum Gasteiger partial charge on any atom is 0.220 e. The number of hydrogen-bond donors (Lipinski definition) is 1. The summed E-state index contributed by atoms with van der Waals surface area (Å²) in [5.74, 6) is 0.933. The van der Waals surface area contributed by atoms with Crippen molar-refractivity contribution >= 4 is 12.2 Å². The van der Waals surface area contributed by atoms with Crippen molar-refractivity contribution in [3.05, 3.63) is 0 Å². The summed E-state index contributed by atoms with van der Waals surface area (Å²) >= 11 is 0. The van der Waals surface area contributed by atoms with Crippen LogP contribution in [0, 0.1) is 0 Å². The van der Waals surface area contributed by atoms with E-state index < -0.39 is 0 Å². The fourth-order valence-electron chi connectivity index (χ4n) is 1.46. The molecule has 0 aromatic rings. The Morgan fingerprint density at radius 2 is 2.17 bits per heavy atom. The van der Waals surface area contributed by atoms with Crippen molar-refractivity contribution < 1.29 is 0 Å². The first-order chi connectivity index (χ1) is 5.97. The fourth-order valence-corrected chi connectivity index (χ4v) is 1.46. The van der Waals surface area contributed by atoms with Gasteiger partial charge in [0.15, 0.2) is 0 Å². The summed E-state index contributed by atoms with van der Waals surface area (Å²) in [6, 6.07) is 0. The normalized spacial score (nSPS) is 24.0.